The van der Waals surface area contributed by atoms with Crippen molar-refractivity contribution in [3.05, 3.63) is 46.7 Å². The average Bonchev–Trinajstić information content (AvgIpc) is 3.61. The molecule has 0 fully saturated rings. The van der Waals surface area contributed by atoms with Gasteiger partial charge < -0.3 is 33.9 Å². The summed E-state index contributed by atoms with van der Waals surface area (Å²) in [7, 11) is 5.86. The Labute approximate surface area is 212 Å². The number of alkyl halides is 1. The van der Waals surface area contributed by atoms with E-state index in [-0.39, 0.29) is 23.5 Å². The highest BCUT2D eigenvalue weighted by Gasteiger charge is 2.40. The molecule has 2 atom stereocenters. The third kappa shape index (κ3) is 3.37. The van der Waals surface area contributed by atoms with E-state index in [0.717, 1.165) is 5.56 Å². The van der Waals surface area contributed by atoms with Gasteiger partial charge in [0.1, 0.15) is 17.4 Å². The van der Waals surface area contributed by atoms with Crippen LogP contribution in [0.5, 0.6) is 23.0 Å². The maximum absolute atomic E-state index is 13.8. The predicted octanol–water partition coefficient (Wildman–Crippen LogP) is 4.17. The number of halogens is 1. The van der Waals surface area contributed by atoms with Crippen molar-refractivity contribution >= 4 is 46.1 Å². The molecule has 2 aromatic carbocycles. The molecular formula is C26H25ClN2O7. The Hall–Kier alpha value is -3.85. The van der Waals surface area contributed by atoms with E-state index in [2.05, 4.69) is 4.98 Å². The molecule has 1 aromatic heterocycles. The minimum absolute atomic E-state index is 0.0787. The van der Waals surface area contributed by atoms with Gasteiger partial charge in [0.15, 0.2) is 11.5 Å². The number of aromatic amines is 1. The Morgan fingerprint density at radius 1 is 1.08 bits per heavy atom. The lowest BCUT2D eigenvalue weighted by Crippen LogP contribution is -2.30. The zero-order valence-electron chi connectivity index (χ0n) is 20.2. The summed E-state index contributed by atoms with van der Waals surface area (Å²) in [6.07, 6.45) is 3.48. The SMILES string of the molecule is COC(=O)C1C=Cc2c3c(cc(O)c21)N(C(=O)c1cc2cc(OC)c(OC)c(OC)c2[nH]1)CC3CCl. The maximum atomic E-state index is 13.8. The molecule has 0 bridgehead atoms. The van der Waals surface area contributed by atoms with Gasteiger partial charge in [-0.25, -0.2) is 0 Å². The van der Waals surface area contributed by atoms with Gasteiger partial charge in [-0.2, -0.15) is 0 Å². The molecule has 0 spiro atoms. The molecule has 36 heavy (non-hydrogen) atoms. The summed E-state index contributed by atoms with van der Waals surface area (Å²) in [6.45, 7) is 0.323. The second-order valence-electron chi connectivity index (χ2n) is 8.58. The molecule has 9 nitrogen and oxygen atoms in total. The van der Waals surface area contributed by atoms with E-state index in [1.165, 1.54) is 34.5 Å². The van der Waals surface area contributed by atoms with Crippen molar-refractivity contribution in [2.75, 3.05) is 45.8 Å². The number of rotatable bonds is 6. The quantitative estimate of drug-likeness (QED) is 0.377. The fraction of sp³-hybridized carbons (Fsp3) is 0.308. The number of hydrogen-bond donors (Lipinski definition) is 2. The monoisotopic (exact) mass is 512 g/mol. The number of nitrogens with zero attached hydrogens (tertiary/aromatic N) is 1. The largest absolute Gasteiger partial charge is 0.508 e. The smallest absolute Gasteiger partial charge is 0.317 e. The van der Waals surface area contributed by atoms with Crippen molar-refractivity contribution in [1.29, 1.82) is 0 Å². The number of nitrogens with one attached hydrogen (secondary N) is 1. The van der Waals surface area contributed by atoms with Crippen molar-refractivity contribution in [2.24, 2.45) is 0 Å². The van der Waals surface area contributed by atoms with Gasteiger partial charge in [-0.15, -0.1) is 11.6 Å². The highest BCUT2D eigenvalue weighted by Crippen LogP contribution is 2.50. The summed E-state index contributed by atoms with van der Waals surface area (Å²) in [4.78, 5) is 30.8. The molecule has 5 rings (SSSR count). The standard InChI is InChI=1S/C26H25ClN2O7/c1-33-19-8-12-7-16(28-22(12)24(35-3)23(19)34-2)25(31)29-11-13(10-27)20-14-5-6-15(26(32)36-4)21(14)18(30)9-17(20)29/h5-9,13,15,28,30H,10-11H2,1-4H3. The number of benzene rings is 2. The van der Waals surface area contributed by atoms with E-state index in [1.807, 2.05) is 0 Å². The molecule has 1 amide bonds. The summed E-state index contributed by atoms with van der Waals surface area (Å²) in [5.41, 5.74) is 3.47. The second kappa shape index (κ2) is 8.98. The molecule has 2 N–H and O–H groups in total. The molecule has 3 aromatic rings. The zero-order chi connectivity index (χ0) is 25.7. The number of methoxy groups -OCH3 is 4. The van der Waals surface area contributed by atoms with Gasteiger partial charge in [0, 0.05) is 35.4 Å². The fourth-order valence-electron chi connectivity index (χ4n) is 5.21. The third-order valence-electron chi connectivity index (χ3n) is 6.81. The number of aromatic nitrogens is 1. The minimum atomic E-state index is -0.706. The number of ether oxygens (including phenoxy) is 4. The first-order valence-corrected chi connectivity index (χ1v) is 11.8. The number of phenols is 1. The first-order valence-electron chi connectivity index (χ1n) is 11.2. The lowest BCUT2D eigenvalue weighted by atomic mass is 9.91. The molecule has 0 radical (unpaired) electrons. The van der Waals surface area contributed by atoms with Crippen LogP contribution in [0, 0.1) is 0 Å². The number of esters is 1. The summed E-state index contributed by atoms with van der Waals surface area (Å²) >= 11 is 6.32. The number of anilines is 1. The van der Waals surface area contributed by atoms with Crippen LogP contribution in [0.25, 0.3) is 17.0 Å². The molecule has 1 aliphatic carbocycles. The number of phenolic OH excluding ortho intramolecular Hbond substituents is 1. The van der Waals surface area contributed by atoms with Crippen molar-refractivity contribution in [3.63, 3.8) is 0 Å². The highest BCUT2D eigenvalue weighted by molar-refractivity contribution is 6.19. The lowest BCUT2D eigenvalue weighted by Gasteiger charge is -2.19. The van der Waals surface area contributed by atoms with E-state index < -0.39 is 11.9 Å². The van der Waals surface area contributed by atoms with Gasteiger partial charge in [-0.1, -0.05) is 12.2 Å². The molecule has 10 heteroatoms. The van der Waals surface area contributed by atoms with Crippen LogP contribution in [-0.2, 0) is 9.53 Å². The topological polar surface area (TPSA) is 110 Å². The number of H-pyrrole nitrogens is 1. The van der Waals surface area contributed by atoms with Crippen LogP contribution in [0.15, 0.2) is 24.3 Å². The maximum Gasteiger partial charge on any atom is 0.317 e. The van der Waals surface area contributed by atoms with Crippen LogP contribution in [0.3, 0.4) is 0 Å². The molecule has 1 aliphatic heterocycles. The molecular weight excluding hydrogens is 488 g/mol. The van der Waals surface area contributed by atoms with E-state index in [0.29, 0.717) is 57.2 Å². The van der Waals surface area contributed by atoms with Crippen LogP contribution in [0.2, 0.25) is 0 Å². The minimum Gasteiger partial charge on any atom is -0.508 e. The Morgan fingerprint density at radius 2 is 1.83 bits per heavy atom. The van der Waals surface area contributed by atoms with E-state index in [1.54, 1.807) is 29.2 Å². The molecule has 2 unspecified atom stereocenters. The molecule has 188 valence electrons. The number of carbonyl (C=O) groups excluding carboxylic acids is 2. The fourth-order valence-corrected chi connectivity index (χ4v) is 5.46. The first-order chi connectivity index (χ1) is 17.4. The van der Waals surface area contributed by atoms with Crippen molar-refractivity contribution in [2.45, 2.75) is 11.8 Å². The zero-order valence-corrected chi connectivity index (χ0v) is 20.9. The number of fused-ring (bicyclic) bond motifs is 4. The molecule has 0 saturated carbocycles. The number of aromatic hydroxyl groups is 1. The Balaban J connectivity index is 1.60. The van der Waals surface area contributed by atoms with Crippen LogP contribution in [0.1, 0.15) is 39.0 Å². The Morgan fingerprint density at radius 3 is 2.47 bits per heavy atom. The van der Waals surface area contributed by atoms with Gasteiger partial charge in [-0.3, -0.25) is 9.59 Å². The van der Waals surface area contributed by atoms with E-state index in [9.17, 15) is 14.7 Å². The van der Waals surface area contributed by atoms with Crippen LogP contribution in [0.4, 0.5) is 5.69 Å². The summed E-state index contributed by atoms with van der Waals surface area (Å²) in [5, 5.41) is 11.6. The number of hydrogen-bond acceptors (Lipinski definition) is 7. The van der Waals surface area contributed by atoms with E-state index >= 15 is 0 Å². The predicted molar refractivity (Wildman–Crippen MR) is 135 cm³/mol. The van der Waals surface area contributed by atoms with Gasteiger partial charge in [0.2, 0.25) is 5.75 Å². The van der Waals surface area contributed by atoms with Gasteiger partial charge in [0.05, 0.1) is 39.6 Å². The third-order valence-corrected chi connectivity index (χ3v) is 7.18. The highest BCUT2D eigenvalue weighted by atomic mass is 35.5. The van der Waals surface area contributed by atoms with Gasteiger partial charge in [-0.05, 0) is 23.3 Å². The number of carbonyl (C=O) groups is 2. The number of amides is 1. The van der Waals surface area contributed by atoms with Crippen molar-refractivity contribution < 1.29 is 33.6 Å². The molecule has 2 aliphatic rings. The second-order valence-corrected chi connectivity index (χ2v) is 8.88. The molecule has 0 saturated heterocycles. The van der Waals surface area contributed by atoms with Crippen molar-refractivity contribution in [3.8, 4) is 23.0 Å². The van der Waals surface area contributed by atoms with Crippen LogP contribution >= 0.6 is 11.6 Å². The lowest BCUT2D eigenvalue weighted by molar-refractivity contribution is -0.141. The van der Waals surface area contributed by atoms with Gasteiger partial charge in [0.25, 0.3) is 5.91 Å². The summed E-state index contributed by atoms with van der Waals surface area (Å²) < 4.78 is 21.3. The summed E-state index contributed by atoms with van der Waals surface area (Å²) in [6, 6.07) is 5.01. The van der Waals surface area contributed by atoms with Crippen molar-refractivity contribution in [1.82, 2.24) is 4.98 Å². The average molecular weight is 513 g/mol. The first kappa shape index (κ1) is 23.9. The normalized spacial score (nSPS) is 17.8. The summed E-state index contributed by atoms with van der Waals surface area (Å²) in [5.74, 6) is -0.166. The van der Waals surface area contributed by atoms with Crippen LogP contribution < -0.4 is 19.1 Å². The Kier molecular flexibility index (Phi) is 5.96. The molecule has 2 heterocycles. The van der Waals surface area contributed by atoms with E-state index in [4.69, 9.17) is 30.5 Å². The van der Waals surface area contributed by atoms with Gasteiger partial charge >= 0.3 is 5.97 Å². The Bertz CT molecular complexity index is 1430. The van der Waals surface area contributed by atoms with Crippen LogP contribution in [-0.4, -0.2) is 62.8 Å².